The van der Waals surface area contributed by atoms with Crippen LogP contribution in [0.25, 0.3) is 0 Å². The van der Waals surface area contributed by atoms with Gasteiger partial charge >= 0.3 is 0 Å². The molecule has 0 atom stereocenters. The van der Waals surface area contributed by atoms with Crippen LogP contribution in [0.2, 0.25) is 0 Å². The first-order valence-electron chi connectivity index (χ1n) is 4.18. The van der Waals surface area contributed by atoms with Crippen LogP contribution in [0.1, 0.15) is 5.56 Å². The Bertz CT molecular complexity index is 359. The Morgan fingerprint density at radius 1 is 1.40 bits per heavy atom. The molecule has 0 heterocycles. The molecule has 15 heavy (non-hydrogen) atoms. The SMILES string of the molecule is COc1cc(F)c(CC[N+](=O)[O-])c(F)c1. The van der Waals surface area contributed by atoms with Crippen LogP contribution >= 0.6 is 0 Å². The van der Waals surface area contributed by atoms with Crippen LogP contribution in [0.3, 0.4) is 0 Å². The van der Waals surface area contributed by atoms with Crippen molar-refractivity contribution < 1.29 is 18.4 Å². The van der Waals surface area contributed by atoms with E-state index in [-0.39, 0.29) is 17.7 Å². The van der Waals surface area contributed by atoms with E-state index >= 15 is 0 Å². The summed E-state index contributed by atoms with van der Waals surface area (Å²) in [6.07, 6.45) is -0.269. The van der Waals surface area contributed by atoms with E-state index in [4.69, 9.17) is 0 Å². The number of hydrogen-bond donors (Lipinski definition) is 0. The van der Waals surface area contributed by atoms with Crippen LogP contribution in [-0.4, -0.2) is 18.6 Å². The van der Waals surface area contributed by atoms with Gasteiger partial charge in [0.2, 0.25) is 6.54 Å². The molecular formula is C9H9F2NO3. The van der Waals surface area contributed by atoms with Crippen LogP contribution < -0.4 is 4.74 Å². The van der Waals surface area contributed by atoms with Crippen LogP contribution in [0.15, 0.2) is 12.1 Å². The lowest BCUT2D eigenvalue weighted by atomic mass is 10.1. The van der Waals surface area contributed by atoms with Gasteiger partial charge in [0.15, 0.2) is 0 Å². The van der Waals surface area contributed by atoms with Gasteiger partial charge in [0, 0.05) is 29.0 Å². The third-order valence-corrected chi connectivity index (χ3v) is 1.89. The summed E-state index contributed by atoms with van der Waals surface area (Å²) in [6, 6.07) is 2.00. The van der Waals surface area contributed by atoms with Gasteiger partial charge in [-0.25, -0.2) is 8.78 Å². The van der Waals surface area contributed by atoms with Gasteiger partial charge in [0.1, 0.15) is 17.4 Å². The summed E-state index contributed by atoms with van der Waals surface area (Å²) in [4.78, 5) is 9.43. The molecule has 1 aromatic carbocycles. The standard InChI is InChI=1S/C9H9F2NO3/c1-15-6-4-8(10)7(9(11)5-6)2-3-12(13)14/h4-5H,2-3H2,1H3. The normalized spacial score (nSPS) is 10.1. The molecule has 0 aromatic heterocycles. The molecule has 0 bridgehead atoms. The van der Waals surface area contributed by atoms with Crippen molar-refractivity contribution in [3.05, 3.63) is 39.4 Å². The molecule has 0 unspecified atom stereocenters. The Labute approximate surface area is 84.6 Å². The third-order valence-electron chi connectivity index (χ3n) is 1.89. The summed E-state index contributed by atoms with van der Waals surface area (Å²) in [7, 11) is 1.28. The van der Waals surface area contributed by atoms with Crippen molar-refractivity contribution in [1.29, 1.82) is 0 Å². The molecule has 0 N–H and O–H groups in total. The van der Waals surface area contributed by atoms with Crippen molar-refractivity contribution in [3.8, 4) is 5.75 Å². The quantitative estimate of drug-likeness (QED) is 0.570. The zero-order valence-corrected chi connectivity index (χ0v) is 8.00. The number of methoxy groups -OCH3 is 1. The van der Waals surface area contributed by atoms with Gasteiger partial charge in [-0.3, -0.25) is 10.1 Å². The zero-order chi connectivity index (χ0) is 11.4. The van der Waals surface area contributed by atoms with E-state index in [0.717, 1.165) is 12.1 Å². The highest BCUT2D eigenvalue weighted by atomic mass is 19.1. The summed E-state index contributed by atoms with van der Waals surface area (Å²) in [5.74, 6) is -1.60. The third kappa shape index (κ3) is 2.87. The molecule has 0 aliphatic heterocycles. The molecule has 0 amide bonds. The second-order valence-electron chi connectivity index (χ2n) is 2.88. The van der Waals surface area contributed by atoms with Gasteiger partial charge < -0.3 is 4.74 Å². The topological polar surface area (TPSA) is 52.4 Å². The number of benzene rings is 1. The Morgan fingerprint density at radius 3 is 2.33 bits per heavy atom. The molecule has 6 heteroatoms. The summed E-state index contributed by atoms with van der Waals surface area (Å²) in [5.41, 5.74) is -0.285. The number of hydrogen-bond acceptors (Lipinski definition) is 3. The number of nitro groups is 1. The van der Waals surface area contributed by atoms with Gasteiger partial charge in [-0.15, -0.1) is 0 Å². The predicted molar refractivity (Wildman–Crippen MR) is 48.5 cm³/mol. The molecule has 0 spiro atoms. The van der Waals surface area contributed by atoms with E-state index in [9.17, 15) is 18.9 Å². The van der Waals surface area contributed by atoms with Crippen LogP contribution in [0.4, 0.5) is 8.78 Å². The Balaban J connectivity index is 2.92. The summed E-state index contributed by atoms with van der Waals surface area (Å²) in [6.45, 7) is -0.500. The van der Waals surface area contributed by atoms with Crippen molar-refractivity contribution in [2.24, 2.45) is 0 Å². The van der Waals surface area contributed by atoms with Crippen LogP contribution in [-0.2, 0) is 6.42 Å². The molecule has 1 aromatic rings. The maximum atomic E-state index is 13.2. The molecule has 0 saturated carbocycles. The Kier molecular flexibility index (Phi) is 3.54. The average molecular weight is 217 g/mol. The fourth-order valence-electron chi connectivity index (χ4n) is 1.14. The maximum Gasteiger partial charge on any atom is 0.208 e. The molecule has 4 nitrogen and oxygen atoms in total. The van der Waals surface area contributed by atoms with Crippen molar-refractivity contribution in [1.82, 2.24) is 0 Å². The molecule has 0 fully saturated rings. The minimum Gasteiger partial charge on any atom is -0.497 e. The van der Waals surface area contributed by atoms with Crippen molar-refractivity contribution >= 4 is 0 Å². The van der Waals surface area contributed by atoms with Crippen molar-refractivity contribution in [2.45, 2.75) is 6.42 Å². The summed E-state index contributed by atoms with van der Waals surface area (Å²) in [5, 5.41) is 10.1. The Morgan fingerprint density at radius 2 is 1.93 bits per heavy atom. The molecular weight excluding hydrogens is 208 g/mol. The monoisotopic (exact) mass is 217 g/mol. The number of nitrogens with zero attached hydrogens (tertiary/aromatic N) is 1. The lowest BCUT2D eigenvalue weighted by molar-refractivity contribution is -0.479. The first-order valence-corrected chi connectivity index (χ1v) is 4.18. The maximum absolute atomic E-state index is 13.2. The minimum atomic E-state index is -0.825. The Hall–Kier alpha value is -1.72. The van der Waals surface area contributed by atoms with E-state index in [2.05, 4.69) is 4.74 Å². The number of halogens is 2. The highest BCUT2D eigenvalue weighted by Gasteiger charge is 2.13. The fraction of sp³-hybridized carbons (Fsp3) is 0.333. The largest absolute Gasteiger partial charge is 0.497 e. The molecule has 0 aliphatic rings. The molecule has 0 aliphatic carbocycles. The lowest BCUT2D eigenvalue weighted by Crippen LogP contribution is -2.07. The van der Waals surface area contributed by atoms with Crippen molar-refractivity contribution in [2.75, 3.05) is 13.7 Å². The molecule has 1 rings (SSSR count). The first-order chi connectivity index (χ1) is 7.04. The number of ether oxygens (including phenoxy) is 1. The minimum absolute atomic E-state index is 0.0508. The van der Waals surface area contributed by atoms with Gasteiger partial charge in [0.05, 0.1) is 7.11 Å². The molecule has 82 valence electrons. The van der Waals surface area contributed by atoms with E-state index in [1.165, 1.54) is 7.11 Å². The molecule has 0 radical (unpaired) electrons. The number of rotatable bonds is 4. The van der Waals surface area contributed by atoms with Gasteiger partial charge in [-0.1, -0.05) is 0 Å². The van der Waals surface area contributed by atoms with Crippen LogP contribution in [0.5, 0.6) is 5.75 Å². The van der Waals surface area contributed by atoms with Crippen LogP contribution in [0, 0.1) is 21.7 Å². The smallest absolute Gasteiger partial charge is 0.208 e. The van der Waals surface area contributed by atoms with Crippen molar-refractivity contribution in [3.63, 3.8) is 0 Å². The zero-order valence-electron chi connectivity index (χ0n) is 8.00. The van der Waals surface area contributed by atoms with E-state index in [1.807, 2.05) is 0 Å². The second kappa shape index (κ2) is 4.68. The summed E-state index contributed by atoms with van der Waals surface area (Å²) < 4.78 is 31.1. The first kappa shape index (κ1) is 11.4. The molecule has 0 saturated heterocycles. The van der Waals surface area contributed by atoms with E-state index in [1.54, 1.807) is 0 Å². The highest BCUT2D eigenvalue weighted by Crippen LogP contribution is 2.20. The lowest BCUT2D eigenvalue weighted by Gasteiger charge is -2.05. The van der Waals surface area contributed by atoms with Gasteiger partial charge in [-0.2, -0.15) is 0 Å². The second-order valence-corrected chi connectivity index (χ2v) is 2.88. The van der Waals surface area contributed by atoms with E-state index in [0.29, 0.717) is 0 Å². The van der Waals surface area contributed by atoms with Gasteiger partial charge in [0.25, 0.3) is 0 Å². The summed E-state index contributed by atoms with van der Waals surface area (Å²) >= 11 is 0. The highest BCUT2D eigenvalue weighted by molar-refractivity contribution is 5.30. The van der Waals surface area contributed by atoms with Gasteiger partial charge in [-0.05, 0) is 0 Å². The van der Waals surface area contributed by atoms with E-state index < -0.39 is 23.1 Å². The average Bonchev–Trinajstić information content (AvgIpc) is 2.15. The predicted octanol–water partition coefficient (Wildman–Crippen LogP) is 1.79. The fourth-order valence-corrected chi connectivity index (χ4v) is 1.14.